The zero-order chi connectivity index (χ0) is 10.6. The van der Waals surface area contributed by atoms with E-state index in [2.05, 4.69) is 0 Å². The van der Waals surface area contributed by atoms with Crippen molar-refractivity contribution in [2.24, 2.45) is 0 Å². The number of Topliss-reactive ketones (excluding diaryl/α,β-unsaturated/α-hetero) is 1. The van der Waals surface area contributed by atoms with Crippen LogP contribution in [-0.4, -0.2) is 10.4 Å². The first-order chi connectivity index (χ1) is 6.67. The van der Waals surface area contributed by atoms with Crippen LogP contribution in [0.4, 0.5) is 0 Å². The smallest absolute Gasteiger partial charge is 0.164 e. The zero-order valence-electron chi connectivity index (χ0n) is 7.84. The van der Waals surface area contributed by atoms with Gasteiger partial charge in [-0.15, -0.1) is 0 Å². The van der Waals surface area contributed by atoms with E-state index in [-0.39, 0.29) is 5.78 Å². The summed E-state index contributed by atoms with van der Waals surface area (Å²) in [6.45, 7) is 2.34. The minimum absolute atomic E-state index is 0.134. The van der Waals surface area contributed by atoms with Crippen molar-refractivity contribution in [3.63, 3.8) is 0 Å². The Labute approximate surface area is 93.1 Å². The van der Waals surface area contributed by atoms with Gasteiger partial charge < -0.3 is 4.57 Å². The summed E-state index contributed by atoms with van der Waals surface area (Å²) in [4.78, 5) is 11.3. The Morgan fingerprint density at radius 3 is 2.93 bits per heavy atom. The first kappa shape index (κ1) is 11.3. The molecule has 0 unspecified atom stereocenters. The molecule has 0 aliphatic carbocycles. The molecular formula is C10H11Cl2NO. The van der Waals surface area contributed by atoms with E-state index >= 15 is 0 Å². The third kappa shape index (κ3) is 2.89. The molecule has 2 nitrogen and oxygen atoms in total. The van der Waals surface area contributed by atoms with E-state index in [1.54, 1.807) is 12.3 Å². The molecule has 14 heavy (non-hydrogen) atoms. The quantitative estimate of drug-likeness (QED) is 0.729. The van der Waals surface area contributed by atoms with E-state index in [1.165, 1.54) is 5.54 Å². The van der Waals surface area contributed by atoms with E-state index in [0.717, 1.165) is 0 Å². The summed E-state index contributed by atoms with van der Waals surface area (Å²) in [5.74, 6) is 0.134. The third-order valence-electron chi connectivity index (χ3n) is 1.85. The molecule has 1 rings (SSSR count). The van der Waals surface area contributed by atoms with Gasteiger partial charge >= 0.3 is 0 Å². The molecule has 0 spiro atoms. The van der Waals surface area contributed by atoms with E-state index in [1.807, 2.05) is 17.7 Å². The van der Waals surface area contributed by atoms with Gasteiger partial charge in [-0.1, -0.05) is 30.1 Å². The number of nitrogens with zero attached hydrogens (tertiary/aromatic N) is 1. The summed E-state index contributed by atoms with van der Waals surface area (Å²) in [5, 5.41) is 0.540. The molecule has 1 heterocycles. The van der Waals surface area contributed by atoms with E-state index in [4.69, 9.17) is 23.2 Å². The van der Waals surface area contributed by atoms with Crippen LogP contribution in [0.2, 0.25) is 0 Å². The van der Waals surface area contributed by atoms with Crippen molar-refractivity contribution in [1.29, 1.82) is 0 Å². The van der Waals surface area contributed by atoms with Crippen LogP contribution >= 0.6 is 23.2 Å². The van der Waals surface area contributed by atoms with Crippen LogP contribution in [0.3, 0.4) is 0 Å². The maximum atomic E-state index is 11.3. The molecule has 0 aliphatic heterocycles. The lowest BCUT2D eigenvalue weighted by molar-refractivity contribution is 0.0988. The first-order valence-electron chi connectivity index (χ1n) is 4.31. The molecule has 1 aromatic rings. The van der Waals surface area contributed by atoms with Gasteiger partial charge in [0.1, 0.15) is 0 Å². The van der Waals surface area contributed by atoms with Crippen molar-refractivity contribution in [2.45, 2.75) is 19.9 Å². The molecule has 0 bridgehead atoms. The molecule has 0 aliphatic rings. The second-order valence-corrected chi connectivity index (χ2v) is 3.61. The Balaban J connectivity index is 2.73. The zero-order valence-corrected chi connectivity index (χ0v) is 9.35. The fourth-order valence-electron chi connectivity index (χ4n) is 1.12. The molecule has 4 heteroatoms. The molecule has 0 fully saturated rings. The van der Waals surface area contributed by atoms with Gasteiger partial charge in [-0.3, -0.25) is 4.79 Å². The molecule has 0 aromatic carbocycles. The molecule has 0 saturated heterocycles. The molecule has 1 aromatic heterocycles. The Morgan fingerprint density at radius 2 is 2.36 bits per heavy atom. The number of hydrogen-bond donors (Lipinski definition) is 0. The van der Waals surface area contributed by atoms with Gasteiger partial charge in [-0.2, -0.15) is 0 Å². The standard InChI is InChI=1S/C10H11Cl2NO/c1-2-10(14)8-3-4-13(6-8)7-9(12)5-11/h3-6H,2,7H2,1H3. The summed E-state index contributed by atoms with van der Waals surface area (Å²) >= 11 is 11.2. The highest BCUT2D eigenvalue weighted by atomic mass is 35.5. The maximum absolute atomic E-state index is 11.3. The normalized spacial score (nSPS) is 11.8. The predicted molar refractivity (Wildman–Crippen MR) is 58.8 cm³/mol. The number of carbonyl (C=O) groups is 1. The largest absolute Gasteiger partial charge is 0.348 e. The SMILES string of the molecule is CCC(=O)c1ccn(CC(Cl)=CCl)c1. The average molecular weight is 232 g/mol. The number of halogens is 2. The Morgan fingerprint density at radius 1 is 1.64 bits per heavy atom. The Hall–Kier alpha value is -0.730. The summed E-state index contributed by atoms with van der Waals surface area (Å²) in [5.41, 5.74) is 2.04. The number of rotatable bonds is 4. The van der Waals surface area contributed by atoms with Crippen LogP contribution in [-0.2, 0) is 6.54 Å². The predicted octanol–water partition coefficient (Wildman–Crippen LogP) is 3.40. The molecular weight excluding hydrogens is 221 g/mol. The van der Waals surface area contributed by atoms with Crippen LogP contribution in [0.5, 0.6) is 0 Å². The Kier molecular flexibility index (Phi) is 4.23. The highest BCUT2D eigenvalue weighted by Gasteiger charge is 2.04. The summed E-state index contributed by atoms with van der Waals surface area (Å²) in [6, 6.07) is 1.78. The number of allylic oxidation sites excluding steroid dienone is 1. The van der Waals surface area contributed by atoms with Gasteiger partial charge in [0, 0.05) is 34.9 Å². The highest BCUT2D eigenvalue weighted by Crippen LogP contribution is 2.10. The van der Waals surface area contributed by atoms with Crippen LogP contribution in [0, 0.1) is 0 Å². The van der Waals surface area contributed by atoms with Crippen molar-refractivity contribution in [3.05, 3.63) is 34.6 Å². The second kappa shape index (κ2) is 5.23. The lowest BCUT2D eigenvalue weighted by Gasteiger charge is -1.99. The monoisotopic (exact) mass is 231 g/mol. The molecule has 0 N–H and O–H groups in total. The van der Waals surface area contributed by atoms with Crippen LogP contribution in [0.1, 0.15) is 23.7 Å². The van der Waals surface area contributed by atoms with Crippen molar-refractivity contribution >= 4 is 29.0 Å². The molecule has 76 valence electrons. The first-order valence-corrected chi connectivity index (χ1v) is 5.12. The van der Waals surface area contributed by atoms with Gasteiger partial charge in [-0.25, -0.2) is 0 Å². The minimum atomic E-state index is 0.134. The highest BCUT2D eigenvalue weighted by molar-refractivity contribution is 6.36. The van der Waals surface area contributed by atoms with E-state index < -0.39 is 0 Å². The third-order valence-corrected chi connectivity index (χ3v) is 2.45. The van der Waals surface area contributed by atoms with Crippen LogP contribution in [0.15, 0.2) is 29.0 Å². The van der Waals surface area contributed by atoms with Crippen LogP contribution in [0.25, 0.3) is 0 Å². The van der Waals surface area contributed by atoms with Crippen molar-refractivity contribution in [1.82, 2.24) is 4.57 Å². The summed E-state index contributed by atoms with van der Waals surface area (Å²) in [6.07, 6.45) is 4.10. The topological polar surface area (TPSA) is 22.0 Å². The van der Waals surface area contributed by atoms with Gasteiger partial charge in [0.2, 0.25) is 0 Å². The van der Waals surface area contributed by atoms with Gasteiger partial charge in [0.05, 0.1) is 6.54 Å². The lowest BCUT2D eigenvalue weighted by atomic mass is 10.2. The fourth-order valence-corrected chi connectivity index (χ4v) is 1.32. The van der Waals surface area contributed by atoms with Crippen molar-refractivity contribution in [2.75, 3.05) is 0 Å². The summed E-state index contributed by atoms with van der Waals surface area (Å²) < 4.78 is 1.82. The van der Waals surface area contributed by atoms with Gasteiger partial charge in [0.15, 0.2) is 5.78 Å². The molecule has 0 saturated carbocycles. The molecule has 0 atom stereocenters. The average Bonchev–Trinajstić information content (AvgIpc) is 2.65. The maximum Gasteiger partial charge on any atom is 0.164 e. The van der Waals surface area contributed by atoms with Crippen LogP contribution < -0.4 is 0 Å². The second-order valence-electron chi connectivity index (χ2n) is 2.91. The van der Waals surface area contributed by atoms with E-state index in [0.29, 0.717) is 23.6 Å². The van der Waals surface area contributed by atoms with Crippen molar-refractivity contribution < 1.29 is 4.79 Å². The fraction of sp³-hybridized carbons (Fsp3) is 0.300. The lowest BCUT2D eigenvalue weighted by Crippen LogP contribution is -1.96. The van der Waals surface area contributed by atoms with Gasteiger partial charge in [0.25, 0.3) is 0 Å². The summed E-state index contributed by atoms with van der Waals surface area (Å²) in [7, 11) is 0. The molecule has 0 amide bonds. The Bertz CT molecular complexity index is 355. The van der Waals surface area contributed by atoms with Gasteiger partial charge in [-0.05, 0) is 6.07 Å². The molecule has 0 radical (unpaired) electrons. The minimum Gasteiger partial charge on any atom is -0.348 e. The van der Waals surface area contributed by atoms with Crippen molar-refractivity contribution in [3.8, 4) is 0 Å². The number of carbonyl (C=O) groups excluding carboxylic acids is 1. The number of hydrogen-bond acceptors (Lipinski definition) is 1. The van der Waals surface area contributed by atoms with E-state index in [9.17, 15) is 4.79 Å². The number of ketones is 1. The number of aromatic nitrogens is 1.